The average molecular weight is 238 g/mol. The Morgan fingerprint density at radius 1 is 1.29 bits per heavy atom. The zero-order valence-corrected chi connectivity index (χ0v) is 10.1. The Labute approximate surface area is 101 Å². The molecular formula is C12H18N2O3. The number of nitrogen functional groups attached to an aromatic ring is 2. The molecule has 0 saturated carbocycles. The van der Waals surface area contributed by atoms with E-state index in [1.165, 1.54) is 0 Å². The van der Waals surface area contributed by atoms with Crippen molar-refractivity contribution >= 4 is 17.3 Å². The third kappa shape index (κ3) is 4.32. The molecule has 1 atom stereocenters. The fourth-order valence-electron chi connectivity index (χ4n) is 1.39. The van der Waals surface area contributed by atoms with Crippen molar-refractivity contribution < 1.29 is 14.3 Å². The molecule has 0 saturated heterocycles. The molecule has 0 aromatic heterocycles. The predicted octanol–water partition coefficient (Wildman–Crippen LogP) is 1.43. The van der Waals surface area contributed by atoms with E-state index in [0.29, 0.717) is 30.0 Å². The summed E-state index contributed by atoms with van der Waals surface area (Å²) in [4.78, 5) is 11.7. The highest BCUT2D eigenvalue weighted by molar-refractivity contribution is 5.91. The van der Waals surface area contributed by atoms with Crippen molar-refractivity contribution in [2.45, 2.75) is 19.4 Å². The van der Waals surface area contributed by atoms with Crippen LogP contribution < -0.4 is 11.5 Å². The molecule has 0 fully saturated rings. The smallest absolute Gasteiger partial charge is 0.338 e. The molecule has 1 aromatic rings. The van der Waals surface area contributed by atoms with Gasteiger partial charge in [0.05, 0.1) is 5.56 Å². The van der Waals surface area contributed by atoms with Gasteiger partial charge in [-0.15, -0.1) is 0 Å². The molecule has 5 nitrogen and oxygen atoms in total. The van der Waals surface area contributed by atoms with Crippen LogP contribution in [0.25, 0.3) is 0 Å². The number of ether oxygens (including phenoxy) is 2. The molecule has 5 heteroatoms. The van der Waals surface area contributed by atoms with Crippen LogP contribution >= 0.6 is 0 Å². The van der Waals surface area contributed by atoms with Crippen molar-refractivity contribution in [3.8, 4) is 0 Å². The summed E-state index contributed by atoms with van der Waals surface area (Å²) in [6.07, 6.45) is 0.449. The van der Waals surface area contributed by atoms with E-state index in [0.717, 1.165) is 0 Å². The van der Waals surface area contributed by atoms with Gasteiger partial charge in [0.15, 0.2) is 0 Å². The Hall–Kier alpha value is -1.75. The normalized spacial score (nSPS) is 12.1. The fraction of sp³-hybridized carbons (Fsp3) is 0.417. The predicted molar refractivity (Wildman–Crippen MR) is 66.6 cm³/mol. The molecule has 0 bridgehead atoms. The quantitative estimate of drug-likeness (QED) is 0.598. The second kappa shape index (κ2) is 6.10. The number of rotatable bonds is 5. The molecular weight excluding hydrogens is 220 g/mol. The van der Waals surface area contributed by atoms with Crippen LogP contribution in [0.4, 0.5) is 11.4 Å². The van der Waals surface area contributed by atoms with E-state index in [1.54, 1.807) is 25.3 Å². The first kappa shape index (κ1) is 13.3. The van der Waals surface area contributed by atoms with Crippen LogP contribution in [0.15, 0.2) is 18.2 Å². The zero-order chi connectivity index (χ0) is 12.8. The molecule has 94 valence electrons. The average Bonchev–Trinajstić information content (AvgIpc) is 2.25. The summed E-state index contributed by atoms with van der Waals surface area (Å²) >= 11 is 0. The molecule has 0 spiro atoms. The van der Waals surface area contributed by atoms with Crippen LogP contribution in [0.5, 0.6) is 0 Å². The maximum absolute atomic E-state index is 11.7. The van der Waals surface area contributed by atoms with E-state index in [2.05, 4.69) is 0 Å². The van der Waals surface area contributed by atoms with Gasteiger partial charge in [-0.05, 0) is 25.1 Å². The molecule has 0 amide bonds. The van der Waals surface area contributed by atoms with Crippen molar-refractivity contribution in [2.75, 3.05) is 25.2 Å². The molecule has 1 unspecified atom stereocenters. The van der Waals surface area contributed by atoms with E-state index < -0.39 is 5.97 Å². The SMILES string of the molecule is COCCC(C)OC(=O)c1cc(N)cc(N)c1. The Morgan fingerprint density at radius 2 is 1.88 bits per heavy atom. The molecule has 17 heavy (non-hydrogen) atoms. The lowest BCUT2D eigenvalue weighted by Gasteiger charge is -2.13. The molecule has 0 radical (unpaired) electrons. The number of nitrogens with two attached hydrogens (primary N) is 2. The lowest BCUT2D eigenvalue weighted by molar-refractivity contribution is 0.0267. The minimum atomic E-state index is -0.424. The Bertz CT molecular complexity index is 373. The third-order valence-electron chi connectivity index (χ3n) is 2.25. The highest BCUT2D eigenvalue weighted by Gasteiger charge is 2.12. The van der Waals surface area contributed by atoms with Gasteiger partial charge < -0.3 is 20.9 Å². The number of benzene rings is 1. The van der Waals surface area contributed by atoms with Crippen LogP contribution in [-0.4, -0.2) is 25.8 Å². The van der Waals surface area contributed by atoms with Gasteiger partial charge in [-0.1, -0.05) is 0 Å². The molecule has 0 aliphatic rings. The van der Waals surface area contributed by atoms with Crippen molar-refractivity contribution in [1.29, 1.82) is 0 Å². The van der Waals surface area contributed by atoms with E-state index >= 15 is 0 Å². The van der Waals surface area contributed by atoms with Crippen LogP contribution in [0, 0.1) is 0 Å². The molecule has 1 rings (SSSR count). The van der Waals surface area contributed by atoms with Crippen LogP contribution in [-0.2, 0) is 9.47 Å². The molecule has 0 heterocycles. The molecule has 4 N–H and O–H groups in total. The number of hydrogen-bond donors (Lipinski definition) is 2. The maximum atomic E-state index is 11.7. The Morgan fingerprint density at radius 3 is 2.41 bits per heavy atom. The summed E-state index contributed by atoms with van der Waals surface area (Å²) in [5.41, 5.74) is 12.5. The third-order valence-corrected chi connectivity index (χ3v) is 2.25. The largest absolute Gasteiger partial charge is 0.459 e. The maximum Gasteiger partial charge on any atom is 0.338 e. The van der Waals surface area contributed by atoms with Gasteiger partial charge in [0.25, 0.3) is 0 Å². The van der Waals surface area contributed by atoms with E-state index in [1.807, 2.05) is 6.92 Å². The number of carbonyl (C=O) groups excluding carboxylic acids is 1. The summed E-state index contributed by atoms with van der Waals surface area (Å²) in [6.45, 7) is 2.36. The van der Waals surface area contributed by atoms with Crippen LogP contribution in [0.2, 0.25) is 0 Å². The van der Waals surface area contributed by atoms with Gasteiger partial charge in [-0.3, -0.25) is 0 Å². The number of anilines is 2. The van der Waals surface area contributed by atoms with Crippen molar-refractivity contribution in [1.82, 2.24) is 0 Å². The van der Waals surface area contributed by atoms with Gasteiger partial charge >= 0.3 is 5.97 Å². The number of methoxy groups -OCH3 is 1. The number of hydrogen-bond acceptors (Lipinski definition) is 5. The van der Waals surface area contributed by atoms with Crippen LogP contribution in [0.3, 0.4) is 0 Å². The van der Waals surface area contributed by atoms with Gasteiger partial charge in [0.1, 0.15) is 6.10 Å². The first-order valence-corrected chi connectivity index (χ1v) is 5.39. The summed E-state index contributed by atoms with van der Waals surface area (Å²) in [5, 5.41) is 0. The Kier molecular flexibility index (Phi) is 4.78. The van der Waals surface area contributed by atoms with E-state index in [-0.39, 0.29) is 6.10 Å². The lowest BCUT2D eigenvalue weighted by atomic mass is 10.2. The summed E-state index contributed by atoms with van der Waals surface area (Å²) in [6, 6.07) is 4.68. The molecule has 0 aliphatic heterocycles. The van der Waals surface area contributed by atoms with Gasteiger partial charge in [-0.25, -0.2) is 4.79 Å². The van der Waals surface area contributed by atoms with E-state index in [4.69, 9.17) is 20.9 Å². The first-order chi connectivity index (χ1) is 8.02. The van der Waals surface area contributed by atoms with Crippen molar-refractivity contribution in [3.05, 3.63) is 23.8 Å². The minimum absolute atomic E-state index is 0.204. The minimum Gasteiger partial charge on any atom is -0.459 e. The summed E-state index contributed by atoms with van der Waals surface area (Å²) in [5.74, 6) is -0.424. The molecule has 1 aromatic carbocycles. The van der Waals surface area contributed by atoms with E-state index in [9.17, 15) is 4.79 Å². The second-order valence-corrected chi connectivity index (χ2v) is 3.89. The fourth-order valence-corrected chi connectivity index (χ4v) is 1.39. The van der Waals surface area contributed by atoms with Crippen molar-refractivity contribution in [3.63, 3.8) is 0 Å². The first-order valence-electron chi connectivity index (χ1n) is 5.39. The van der Waals surface area contributed by atoms with Gasteiger partial charge in [0, 0.05) is 31.5 Å². The van der Waals surface area contributed by atoms with Gasteiger partial charge in [0.2, 0.25) is 0 Å². The Balaban J connectivity index is 2.63. The zero-order valence-electron chi connectivity index (χ0n) is 10.1. The number of esters is 1. The van der Waals surface area contributed by atoms with Gasteiger partial charge in [-0.2, -0.15) is 0 Å². The molecule has 0 aliphatic carbocycles. The monoisotopic (exact) mass is 238 g/mol. The summed E-state index contributed by atoms with van der Waals surface area (Å²) in [7, 11) is 1.60. The topological polar surface area (TPSA) is 87.6 Å². The number of carbonyl (C=O) groups is 1. The lowest BCUT2D eigenvalue weighted by Crippen LogP contribution is -2.17. The highest BCUT2D eigenvalue weighted by Crippen LogP contribution is 2.15. The van der Waals surface area contributed by atoms with Crippen LogP contribution in [0.1, 0.15) is 23.7 Å². The second-order valence-electron chi connectivity index (χ2n) is 3.89. The van der Waals surface area contributed by atoms with Crippen molar-refractivity contribution in [2.24, 2.45) is 0 Å². The summed E-state index contributed by atoms with van der Waals surface area (Å²) < 4.78 is 10.1. The highest BCUT2D eigenvalue weighted by atomic mass is 16.5. The standard InChI is InChI=1S/C12H18N2O3/c1-8(3-4-16-2)17-12(15)9-5-10(13)7-11(14)6-9/h5-8H,3-4,13-14H2,1-2H3.